The van der Waals surface area contributed by atoms with E-state index in [9.17, 15) is 4.79 Å². The highest BCUT2D eigenvalue weighted by atomic mass is 16.6. The number of ether oxygens (including phenoxy) is 2. The number of aryl methyl sites for hydroxylation is 1. The van der Waals surface area contributed by atoms with Crippen LogP contribution in [0.15, 0.2) is 54.6 Å². The van der Waals surface area contributed by atoms with Crippen molar-refractivity contribution in [3.63, 3.8) is 0 Å². The maximum atomic E-state index is 11.9. The molecule has 2 aromatic rings. The first kappa shape index (κ1) is 15.2. The maximum absolute atomic E-state index is 11.9. The number of hydrogen-bond donors (Lipinski definition) is 1. The number of nitrogens with one attached hydrogen (secondary N) is 1. The van der Waals surface area contributed by atoms with Gasteiger partial charge in [0.1, 0.15) is 12.7 Å². The van der Waals surface area contributed by atoms with Crippen molar-refractivity contribution < 1.29 is 14.3 Å². The van der Waals surface area contributed by atoms with Gasteiger partial charge in [-0.1, -0.05) is 42.0 Å². The number of hydrogen-bond acceptors (Lipinski definition) is 3. The lowest BCUT2D eigenvalue weighted by molar-refractivity contribution is -0.116. The van der Waals surface area contributed by atoms with E-state index in [1.165, 1.54) is 11.6 Å². The van der Waals surface area contributed by atoms with E-state index >= 15 is 0 Å². The van der Waals surface area contributed by atoms with E-state index < -0.39 is 0 Å². The molecule has 1 heterocycles. The lowest BCUT2D eigenvalue weighted by Gasteiger charge is -2.26. The Hall–Kier alpha value is -2.75. The zero-order valence-corrected chi connectivity index (χ0v) is 13.0. The Morgan fingerprint density at radius 1 is 1.17 bits per heavy atom. The van der Waals surface area contributed by atoms with Crippen LogP contribution in [0.5, 0.6) is 11.5 Å². The Kier molecular flexibility index (Phi) is 4.62. The molecular weight excluding hydrogens is 290 g/mol. The molecule has 0 saturated carbocycles. The molecule has 118 valence electrons. The van der Waals surface area contributed by atoms with E-state index in [1.807, 2.05) is 55.5 Å². The Balaban J connectivity index is 1.49. The van der Waals surface area contributed by atoms with Crippen LogP contribution in [0.2, 0.25) is 0 Å². The fraction of sp³-hybridized carbons (Fsp3) is 0.211. The Bertz CT molecular complexity index is 707. The van der Waals surface area contributed by atoms with Gasteiger partial charge in [-0.15, -0.1) is 0 Å². The van der Waals surface area contributed by atoms with Crippen LogP contribution in [-0.4, -0.2) is 25.2 Å². The molecule has 0 bridgehead atoms. The molecule has 1 N–H and O–H groups in total. The third kappa shape index (κ3) is 4.13. The molecule has 0 radical (unpaired) electrons. The van der Waals surface area contributed by atoms with Crippen molar-refractivity contribution in [2.45, 2.75) is 13.0 Å². The van der Waals surface area contributed by atoms with Gasteiger partial charge in [-0.2, -0.15) is 0 Å². The van der Waals surface area contributed by atoms with Crippen LogP contribution in [0.4, 0.5) is 0 Å². The van der Waals surface area contributed by atoms with Gasteiger partial charge in [0.05, 0.1) is 6.54 Å². The number of benzene rings is 2. The van der Waals surface area contributed by atoms with Crippen molar-refractivity contribution in [3.8, 4) is 11.5 Å². The summed E-state index contributed by atoms with van der Waals surface area (Å²) in [6.07, 6.45) is 3.14. The number of fused-ring (bicyclic) bond motifs is 1. The van der Waals surface area contributed by atoms with Crippen LogP contribution in [0.3, 0.4) is 0 Å². The fourth-order valence-corrected chi connectivity index (χ4v) is 2.29. The summed E-state index contributed by atoms with van der Waals surface area (Å²) in [5.74, 6) is 1.32. The molecule has 4 nitrogen and oxygen atoms in total. The molecule has 0 aromatic heterocycles. The molecule has 1 aliphatic heterocycles. The minimum Gasteiger partial charge on any atom is -0.486 e. The maximum Gasteiger partial charge on any atom is 0.244 e. The molecule has 23 heavy (non-hydrogen) atoms. The van der Waals surface area contributed by atoms with E-state index in [4.69, 9.17) is 9.47 Å². The highest BCUT2D eigenvalue weighted by Gasteiger charge is 2.20. The zero-order chi connectivity index (χ0) is 16.1. The molecule has 3 rings (SSSR count). The average Bonchev–Trinajstić information content (AvgIpc) is 2.59. The van der Waals surface area contributed by atoms with E-state index in [0.29, 0.717) is 18.9 Å². The van der Waals surface area contributed by atoms with Crippen molar-refractivity contribution in [1.82, 2.24) is 5.32 Å². The number of carbonyl (C=O) groups is 1. The molecule has 4 heteroatoms. The summed E-state index contributed by atoms with van der Waals surface area (Å²) in [5, 5.41) is 2.83. The number of rotatable bonds is 4. The Labute approximate surface area is 135 Å². The van der Waals surface area contributed by atoms with Gasteiger partial charge in [0, 0.05) is 6.08 Å². The number of carbonyl (C=O) groups excluding carboxylic acids is 1. The van der Waals surface area contributed by atoms with Crippen LogP contribution in [0.1, 0.15) is 11.1 Å². The summed E-state index contributed by atoms with van der Waals surface area (Å²) in [6.45, 7) is 2.87. The minimum atomic E-state index is -0.179. The van der Waals surface area contributed by atoms with Crippen molar-refractivity contribution in [3.05, 3.63) is 65.7 Å². The standard InChI is InChI=1S/C19H19NO3/c1-14-6-8-15(9-7-14)10-11-19(21)20-12-16-13-22-17-4-2-3-5-18(17)23-16/h2-11,16H,12-13H2,1H3,(H,20,21)/b11-10+/t16-/m0/s1. The van der Waals surface area contributed by atoms with Crippen LogP contribution < -0.4 is 14.8 Å². The van der Waals surface area contributed by atoms with Crippen molar-refractivity contribution >= 4 is 12.0 Å². The first-order chi connectivity index (χ1) is 11.2. The molecule has 1 aliphatic rings. The smallest absolute Gasteiger partial charge is 0.244 e. The summed E-state index contributed by atoms with van der Waals surface area (Å²) >= 11 is 0. The molecule has 1 atom stereocenters. The lowest BCUT2D eigenvalue weighted by atomic mass is 10.1. The number of amides is 1. The number of para-hydroxylation sites is 2. The van der Waals surface area contributed by atoms with Gasteiger partial charge in [0.15, 0.2) is 11.5 Å². The molecular formula is C19H19NO3. The van der Waals surface area contributed by atoms with E-state index in [0.717, 1.165) is 11.3 Å². The molecule has 0 unspecified atom stereocenters. The normalized spacial score (nSPS) is 16.3. The summed E-state index contributed by atoms with van der Waals surface area (Å²) in [5.41, 5.74) is 2.19. The van der Waals surface area contributed by atoms with Gasteiger partial charge in [0.25, 0.3) is 0 Å². The third-order valence-electron chi connectivity index (χ3n) is 3.58. The minimum absolute atomic E-state index is 0.145. The van der Waals surface area contributed by atoms with Gasteiger partial charge < -0.3 is 14.8 Å². The third-order valence-corrected chi connectivity index (χ3v) is 3.58. The molecule has 0 aliphatic carbocycles. The Morgan fingerprint density at radius 2 is 1.91 bits per heavy atom. The van der Waals surface area contributed by atoms with Crippen LogP contribution in [-0.2, 0) is 4.79 Å². The highest BCUT2D eigenvalue weighted by molar-refractivity contribution is 5.91. The van der Waals surface area contributed by atoms with E-state index in [-0.39, 0.29) is 12.0 Å². The van der Waals surface area contributed by atoms with Gasteiger partial charge in [-0.3, -0.25) is 4.79 Å². The summed E-state index contributed by atoms with van der Waals surface area (Å²) in [6, 6.07) is 15.5. The second kappa shape index (κ2) is 7.01. The quantitative estimate of drug-likeness (QED) is 0.883. The van der Waals surface area contributed by atoms with Gasteiger partial charge in [-0.05, 0) is 30.7 Å². The summed E-state index contributed by atoms with van der Waals surface area (Å²) in [4.78, 5) is 11.9. The SMILES string of the molecule is Cc1ccc(/C=C/C(=O)NC[C@H]2COc3ccccc3O2)cc1. The van der Waals surface area contributed by atoms with Gasteiger partial charge in [0.2, 0.25) is 5.91 Å². The van der Waals surface area contributed by atoms with Crippen LogP contribution >= 0.6 is 0 Å². The molecule has 0 fully saturated rings. The summed E-state index contributed by atoms with van der Waals surface area (Å²) < 4.78 is 11.4. The average molecular weight is 309 g/mol. The molecule has 0 spiro atoms. The summed E-state index contributed by atoms with van der Waals surface area (Å²) in [7, 11) is 0. The van der Waals surface area contributed by atoms with E-state index in [2.05, 4.69) is 5.32 Å². The van der Waals surface area contributed by atoms with Crippen molar-refractivity contribution in [1.29, 1.82) is 0 Å². The van der Waals surface area contributed by atoms with Gasteiger partial charge >= 0.3 is 0 Å². The fourth-order valence-electron chi connectivity index (χ4n) is 2.29. The monoisotopic (exact) mass is 309 g/mol. The topological polar surface area (TPSA) is 47.6 Å². The second-order valence-electron chi connectivity index (χ2n) is 5.49. The van der Waals surface area contributed by atoms with Crippen LogP contribution in [0.25, 0.3) is 6.08 Å². The first-order valence-corrected chi connectivity index (χ1v) is 7.62. The van der Waals surface area contributed by atoms with E-state index in [1.54, 1.807) is 6.08 Å². The van der Waals surface area contributed by atoms with Crippen molar-refractivity contribution in [2.75, 3.05) is 13.2 Å². The lowest BCUT2D eigenvalue weighted by Crippen LogP contribution is -2.40. The van der Waals surface area contributed by atoms with Crippen molar-refractivity contribution in [2.24, 2.45) is 0 Å². The predicted molar refractivity (Wildman–Crippen MR) is 89.6 cm³/mol. The second-order valence-corrected chi connectivity index (χ2v) is 5.49. The van der Waals surface area contributed by atoms with Crippen LogP contribution in [0, 0.1) is 6.92 Å². The zero-order valence-electron chi connectivity index (χ0n) is 13.0. The molecule has 1 amide bonds. The molecule has 0 saturated heterocycles. The van der Waals surface area contributed by atoms with Gasteiger partial charge in [-0.25, -0.2) is 0 Å². The Morgan fingerprint density at radius 3 is 2.70 bits per heavy atom. The predicted octanol–water partition coefficient (Wildman–Crippen LogP) is 2.96. The largest absolute Gasteiger partial charge is 0.486 e. The first-order valence-electron chi connectivity index (χ1n) is 7.62. The highest BCUT2D eigenvalue weighted by Crippen LogP contribution is 2.30. The molecule has 2 aromatic carbocycles.